The highest BCUT2D eigenvalue weighted by molar-refractivity contribution is 7.99. The number of unbranched alkanes of at least 4 members (excludes halogenated alkanes) is 4. The molecule has 0 bridgehead atoms. The largest absolute Gasteiger partial charge is 0.492 e. The number of alkyl halides is 3. The summed E-state index contributed by atoms with van der Waals surface area (Å²) in [6.45, 7) is 3.20. The minimum atomic E-state index is -4.50. The summed E-state index contributed by atoms with van der Waals surface area (Å²) in [6, 6.07) is 3.67. The van der Waals surface area contributed by atoms with Crippen LogP contribution >= 0.6 is 23.4 Å². The van der Waals surface area contributed by atoms with Gasteiger partial charge in [0.1, 0.15) is 12.4 Å². The summed E-state index contributed by atoms with van der Waals surface area (Å²) in [5.41, 5.74) is -0.874. The van der Waals surface area contributed by atoms with Gasteiger partial charge in [-0.2, -0.15) is 24.9 Å². The molecule has 0 aliphatic rings. The second kappa shape index (κ2) is 11.6. The van der Waals surface area contributed by atoms with Crippen LogP contribution in [0, 0.1) is 0 Å². The van der Waals surface area contributed by atoms with Crippen LogP contribution in [0.4, 0.5) is 13.2 Å². The van der Waals surface area contributed by atoms with Crippen LogP contribution in [0.25, 0.3) is 0 Å². The molecule has 28 heavy (non-hydrogen) atoms. The molecular weight excluding hydrogens is 409 g/mol. The molecule has 1 aromatic heterocycles. The van der Waals surface area contributed by atoms with Crippen molar-refractivity contribution in [1.82, 2.24) is 9.55 Å². The SMILES string of the molecule is CCCCCCCSC(COc1ccc(Cl)c(C(F)(F)F)c1)Cn1ccnc1. The fourth-order valence-electron chi connectivity index (χ4n) is 2.74. The molecule has 3 nitrogen and oxygen atoms in total. The normalized spacial score (nSPS) is 12.9. The number of aromatic nitrogens is 2. The lowest BCUT2D eigenvalue weighted by atomic mass is 10.2. The third kappa shape index (κ3) is 7.95. The lowest BCUT2D eigenvalue weighted by Gasteiger charge is -2.19. The molecule has 0 fully saturated rings. The van der Waals surface area contributed by atoms with Crippen LogP contribution in [-0.2, 0) is 12.7 Å². The number of ether oxygens (including phenoxy) is 1. The van der Waals surface area contributed by atoms with Gasteiger partial charge in [0.05, 0.1) is 22.2 Å². The second-order valence-electron chi connectivity index (χ2n) is 6.62. The summed E-state index contributed by atoms with van der Waals surface area (Å²) < 4.78 is 46.7. The highest BCUT2D eigenvalue weighted by Crippen LogP contribution is 2.36. The second-order valence-corrected chi connectivity index (χ2v) is 8.43. The van der Waals surface area contributed by atoms with Gasteiger partial charge in [0.15, 0.2) is 0 Å². The van der Waals surface area contributed by atoms with Gasteiger partial charge in [0.2, 0.25) is 0 Å². The quantitative estimate of drug-likeness (QED) is 0.347. The predicted molar refractivity (Wildman–Crippen MR) is 109 cm³/mol. The highest BCUT2D eigenvalue weighted by Gasteiger charge is 2.33. The van der Waals surface area contributed by atoms with E-state index in [4.69, 9.17) is 16.3 Å². The Bertz CT molecular complexity index is 695. The lowest BCUT2D eigenvalue weighted by molar-refractivity contribution is -0.137. The molecule has 156 valence electrons. The van der Waals surface area contributed by atoms with Gasteiger partial charge in [0.25, 0.3) is 0 Å². The Labute approximate surface area is 173 Å². The standard InChI is InChI=1S/C20H26ClF3N2OS/c1-2-3-4-5-6-11-28-17(13-26-10-9-25-15-26)14-27-16-7-8-19(21)18(12-16)20(22,23)24/h7-10,12,15,17H,2-6,11,13-14H2,1H3. The maximum Gasteiger partial charge on any atom is 0.417 e. The molecule has 0 amide bonds. The third-order valence-electron chi connectivity index (χ3n) is 4.25. The molecule has 1 aromatic carbocycles. The van der Waals surface area contributed by atoms with Gasteiger partial charge in [-0.25, -0.2) is 4.98 Å². The average molecular weight is 435 g/mol. The number of benzene rings is 1. The molecule has 0 spiro atoms. The average Bonchev–Trinajstić information content (AvgIpc) is 3.15. The Kier molecular flexibility index (Phi) is 9.51. The first-order valence-electron chi connectivity index (χ1n) is 9.47. The molecule has 0 aliphatic heterocycles. The Morgan fingerprint density at radius 3 is 2.68 bits per heavy atom. The van der Waals surface area contributed by atoms with Crippen molar-refractivity contribution in [2.75, 3.05) is 12.4 Å². The number of imidazole rings is 1. The van der Waals surface area contributed by atoms with Gasteiger partial charge in [-0.05, 0) is 30.4 Å². The third-order valence-corrected chi connectivity index (χ3v) is 5.86. The molecule has 0 saturated heterocycles. The maximum atomic E-state index is 13.0. The summed E-state index contributed by atoms with van der Waals surface area (Å²) in [7, 11) is 0. The summed E-state index contributed by atoms with van der Waals surface area (Å²) in [5, 5.41) is -0.207. The van der Waals surface area contributed by atoms with Crippen LogP contribution in [-0.4, -0.2) is 27.2 Å². The van der Waals surface area contributed by atoms with Crippen molar-refractivity contribution in [3.05, 3.63) is 47.5 Å². The van der Waals surface area contributed by atoms with Gasteiger partial charge in [0, 0.05) is 18.9 Å². The molecule has 1 unspecified atom stereocenters. The molecule has 0 radical (unpaired) electrons. The van der Waals surface area contributed by atoms with E-state index in [-0.39, 0.29) is 16.0 Å². The van der Waals surface area contributed by atoms with Crippen molar-refractivity contribution in [3.63, 3.8) is 0 Å². The number of hydrogen-bond donors (Lipinski definition) is 0. The molecular formula is C20H26ClF3N2OS. The van der Waals surface area contributed by atoms with E-state index < -0.39 is 11.7 Å². The van der Waals surface area contributed by atoms with E-state index in [0.717, 1.165) is 18.2 Å². The van der Waals surface area contributed by atoms with Gasteiger partial charge in [-0.15, -0.1) is 0 Å². The van der Waals surface area contributed by atoms with Crippen molar-refractivity contribution in [2.24, 2.45) is 0 Å². The summed E-state index contributed by atoms with van der Waals surface area (Å²) >= 11 is 7.46. The van der Waals surface area contributed by atoms with Crippen molar-refractivity contribution in [3.8, 4) is 5.75 Å². The van der Waals surface area contributed by atoms with Gasteiger partial charge in [-0.3, -0.25) is 0 Å². The number of nitrogens with zero attached hydrogens (tertiary/aromatic N) is 2. The molecule has 0 N–H and O–H groups in total. The first-order valence-corrected chi connectivity index (χ1v) is 10.9. The van der Waals surface area contributed by atoms with Gasteiger partial charge in [-0.1, -0.05) is 44.2 Å². The van der Waals surface area contributed by atoms with E-state index in [1.54, 1.807) is 24.3 Å². The fraction of sp³-hybridized carbons (Fsp3) is 0.550. The van der Waals surface area contributed by atoms with Crippen molar-refractivity contribution in [2.45, 2.75) is 57.0 Å². The zero-order valence-electron chi connectivity index (χ0n) is 15.9. The lowest BCUT2D eigenvalue weighted by Crippen LogP contribution is -2.21. The zero-order valence-corrected chi connectivity index (χ0v) is 17.5. The number of thioether (sulfide) groups is 1. The zero-order chi connectivity index (χ0) is 20.4. The molecule has 0 aliphatic carbocycles. The summed E-state index contributed by atoms with van der Waals surface area (Å²) in [4.78, 5) is 4.05. The Morgan fingerprint density at radius 2 is 2.00 bits per heavy atom. The van der Waals surface area contributed by atoms with E-state index in [9.17, 15) is 13.2 Å². The van der Waals surface area contributed by atoms with Gasteiger partial charge < -0.3 is 9.30 Å². The van der Waals surface area contributed by atoms with Crippen LogP contribution in [0.15, 0.2) is 36.9 Å². The van der Waals surface area contributed by atoms with Crippen molar-refractivity contribution < 1.29 is 17.9 Å². The monoisotopic (exact) mass is 434 g/mol. The van der Waals surface area contributed by atoms with E-state index in [1.165, 1.54) is 37.8 Å². The smallest absolute Gasteiger partial charge is 0.417 e. The minimum Gasteiger partial charge on any atom is -0.492 e. The van der Waals surface area contributed by atoms with Gasteiger partial charge >= 0.3 is 6.18 Å². The molecule has 2 rings (SSSR count). The van der Waals surface area contributed by atoms with Crippen molar-refractivity contribution >= 4 is 23.4 Å². The van der Waals surface area contributed by atoms with E-state index in [2.05, 4.69) is 11.9 Å². The van der Waals surface area contributed by atoms with E-state index >= 15 is 0 Å². The predicted octanol–water partition coefficient (Wildman–Crippen LogP) is 6.71. The van der Waals surface area contributed by atoms with Crippen molar-refractivity contribution in [1.29, 1.82) is 0 Å². The van der Waals surface area contributed by atoms with Crippen LogP contribution in [0.3, 0.4) is 0 Å². The Balaban J connectivity index is 1.92. The summed E-state index contributed by atoms with van der Waals surface area (Å²) in [6.07, 6.45) is 6.86. The van der Waals surface area contributed by atoms with Crippen LogP contribution < -0.4 is 4.74 Å². The van der Waals surface area contributed by atoms with Crippen LogP contribution in [0.5, 0.6) is 5.75 Å². The number of rotatable bonds is 12. The molecule has 2 aromatic rings. The molecule has 1 heterocycles. The fourth-order valence-corrected chi connectivity index (χ4v) is 4.11. The maximum absolute atomic E-state index is 13.0. The molecule has 0 saturated carbocycles. The molecule has 8 heteroatoms. The number of hydrogen-bond acceptors (Lipinski definition) is 3. The topological polar surface area (TPSA) is 27.1 Å². The first-order chi connectivity index (χ1) is 13.4. The van der Waals surface area contributed by atoms with Crippen LogP contribution in [0.1, 0.15) is 44.6 Å². The number of halogens is 4. The Hall–Kier alpha value is -1.34. The van der Waals surface area contributed by atoms with Crippen LogP contribution in [0.2, 0.25) is 5.02 Å². The van der Waals surface area contributed by atoms with E-state index in [0.29, 0.717) is 13.2 Å². The first kappa shape index (κ1) is 22.9. The highest BCUT2D eigenvalue weighted by atomic mass is 35.5. The minimum absolute atomic E-state index is 0.116. The van der Waals surface area contributed by atoms with E-state index in [1.807, 2.05) is 10.8 Å². The Morgan fingerprint density at radius 1 is 1.21 bits per heavy atom. The summed E-state index contributed by atoms with van der Waals surface area (Å²) in [5.74, 6) is 1.18. The molecule has 1 atom stereocenters.